The average Bonchev–Trinajstić information content (AvgIpc) is 2.39. The number of rotatable bonds is 1. The Labute approximate surface area is 86.5 Å². The van der Waals surface area contributed by atoms with Crippen LogP contribution in [0.5, 0.6) is 0 Å². The Morgan fingerprint density at radius 1 is 1.21 bits per heavy atom. The molecule has 70 valence electrons. The lowest BCUT2D eigenvalue weighted by Gasteiger charge is -1.98. The Kier molecular flexibility index (Phi) is 2.41. The normalized spacial score (nSPS) is 14.1. The molecule has 0 bridgehead atoms. The van der Waals surface area contributed by atoms with Crippen molar-refractivity contribution in [2.24, 2.45) is 5.73 Å². The van der Waals surface area contributed by atoms with Crippen LogP contribution in [0.2, 0.25) is 0 Å². The summed E-state index contributed by atoms with van der Waals surface area (Å²) in [6.07, 6.45) is 3.80. The van der Waals surface area contributed by atoms with Crippen molar-refractivity contribution in [1.29, 1.82) is 0 Å². The van der Waals surface area contributed by atoms with E-state index < -0.39 is 0 Å². The van der Waals surface area contributed by atoms with E-state index in [4.69, 9.17) is 5.73 Å². The molecule has 1 heterocycles. The standard InChI is InChI=1S/C11H9NOS/c12-11(13)10-7-9-4-2-1-3-8(9)5-6-14-10/h1-7H,(H2,12,13). The lowest BCUT2D eigenvalue weighted by molar-refractivity contribution is -0.113. The Hall–Kier alpha value is -1.48. The van der Waals surface area contributed by atoms with Gasteiger partial charge in [-0.3, -0.25) is 4.79 Å². The minimum absolute atomic E-state index is 0.378. The Morgan fingerprint density at radius 3 is 2.64 bits per heavy atom. The van der Waals surface area contributed by atoms with Gasteiger partial charge in [0.2, 0.25) is 0 Å². The number of benzene rings is 1. The van der Waals surface area contributed by atoms with Crippen molar-refractivity contribution in [3.05, 3.63) is 45.7 Å². The van der Waals surface area contributed by atoms with E-state index in [0.29, 0.717) is 4.91 Å². The molecule has 1 aliphatic rings. The first-order valence-corrected chi connectivity index (χ1v) is 5.09. The van der Waals surface area contributed by atoms with Crippen LogP contribution in [0.4, 0.5) is 0 Å². The van der Waals surface area contributed by atoms with Crippen LogP contribution < -0.4 is 5.73 Å². The van der Waals surface area contributed by atoms with Gasteiger partial charge in [0, 0.05) is 0 Å². The number of carbonyl (C=O) groups excluding carboxylic acids is 1. The molecule has 2 nitrogen and oxygen atoms in total. The fourth-order valence-corrected chi connectivity index (χ4v) is 1.95. The van der Waals surface area contributed by atoms with Gasteiger partial charge in [0.05, 0.1) is 4.91 Å². The average molecular weight is 203 g/mol. The van der Waals surface area contributed by atoms with E-state index in [2.05, 4.69) is 0 Å². The third-order valence-electron chi connectivity index (χ3n) is 1.97. The Morgan fingerprint density at radius 2 is 1.93 bits per heavy atom. The van der Waals surface area contributed by atoms with E-state index in [1.807, 2.05) is 41.8 Å². The zero-order valence-corrected chi connectivity index (χ0v) is 8.25. The van der Waals surface area contributed by atoms with Crippen molar-refractivity contribution >= 4 is 29.8 Å². The molecular weight excluding hydrogens is 194 g/mol. The summed E-state index contributed by atoms with van der Waals surface area (Å²) in [5.41, 5.74) is 7.37. The first-order valence-electron chi connectivity index (χ1n) is 4.21. The highest BCUT2D eigenvalue weighted by Crippen LogP contribution is 2.27. The van der Waals surface area contributed by atoms with Crippen molar-refractivity contribution in [3.8, 4) is 0 Å². The topological polar surface area (TPSA) is 43.1 Å². The maximum absolute atomic E-state index is 11.0. The van der Waals surface area contributed by atoms with Crippen LogP contribution in [-0.4, -0.2) is 5.91 Å². The minimum Gasteiger partial charge on any atom is -0.365 e. The van der Waals surface area contributed by atoms with Crippen LogP contribution in [0.25, 0.3) is 12.2 Å². The van der Waals surface area contributed by atoms with Gasteiger partial charge in [-0.15, -0.1) is 0 Å². The number of hydrogen-bond acceptors (Lipinski definition) is 2. The molecule has 0 fully saturated rings. The predicted octanol–water partition coefficient (Wildman–Crippen LogP) is 2.23. The van der Waals surface area contributed by atoms with Crippen LogP contribution in [0.1, 0.15) is 11.1 Å². The molecule has 1 aromatic carbocycles. The predicted molar refractivity (Wildman–Crippen MR) is 60.2 cm³/mol. The van der Waals surface area contributed by atoms with Gasteiger partial charge < -0.3 is 5.73 Å². The van der Waals surface area contributed by atoms with Gasteiger partial charge in [-0.1, -0.05) is 36.0 Å². The monoisotopic (exact) mass is 203 g/mol. The summed E-state index contributed by atoms with van der Waals surface area (Å²) >= 11 is 1.35. The van der Waals surface area contributed by atoms with E-state index in [1.165, 1.54) is 11.8 Å². The third kappa shape index (κ3) is 1.72. The molecule has 2 rings (SSSR count). The molecule has 0 aliphatic carbocycles. The SMILES string of the molecule is NC(=O)C1=Cc2ccccc2C=CS1. The van der Waals surface area contributed by atoms with E-state index in [9.17, 15) is 4.79 Å². The summed E-state index contributed by atoms with van der Waals surface area (Å²) in [5, 5.41) is 1.88. The second kappa shape index (κ2) is 3.72. The number of nitrogens with two attached hydrogens (primary N) is 1. The summed E-state index contributed by atoms with van der Waals surface area (Å²) < 4.78 is 0. The maximum Gasteiger partial charge on any atom is 0.255 e. The fraction of sp³-hybridized carbons (Fsp3) is 0. The van der Waals surface area contributed by atoms with Gasteiger partial charge in [-0.2, -0.15) is 0 Å². The highest BCUT2D eigenvalue weighted by atomic mass is 32.2. The zero-order valence-electron chi connectivity index (χ0n) is 7.44. The molecule has 0 saturated heterocycles. The summed E-state index contributed by atoms with van der Waals surface area (Å²) in [5.74, 6) is -0.378. The molecule has 1 aromatic rings. The number of amides is 1. The van der Waals surface area contributed by atoms with E-state index in [1.54, 1.807) is 0 Å². The number of primary amides is 1. The van der Waals surface area contributed by atoms with Gasteiger partial charge in [0.25, 0.3) is 5.91 Å². The van der Waals surface area contributed by atoms with Crippen molar-refractivity contribution in [3.63, 3.8) is 0 Å². The number of hydrogen-bond donors (Lipinski definition) is 1. The smallest absolute Gasteiger partial charge is 0.255 e. The van der Waals surface area contributed by atoms with Gasteiger partial charge in [0.1, 0.15) is 0 Å². The third-order valence-corrected chi connectivity index (χ3v) is 2.81. The molecule has 0 saturated carbocycles. The second-order valence-corrected chi connectivity index (χ2v) is 3.87. The fourth-order valence-electron chi connectivity index (χ4n) is 1.28. The largest absolute Gasteiger partial charge is 0.365 e. The van der Waals surface area contributed by atoms with Crippen molar-refractivity contribution < 1.29 is 4.79 Å². The van der Waals surface area contributed by atoms with Crippen LogP contribution in [0, 0.1) is 0 Å². The summed E-state index contributed by atoms with van der Waals surface area (Å²) in [7, 11) is 0. The van der Waals surface area contributed by atoms with Gasteiger partial charge in [-0.05, 0) is 28.7 Å². The quantitative estimate of drug-likeness (QED) is 0.760. The van der Waals surface area contributed by atoms with Crippen molar-refractivity contribution in [2.45, 2.75) is 0 Å². The molecule has 0 aromatic heterocycles. The summed E-state index contributed by atoms with van der Waals surface area (Å²) in [6, 6.07) is 7.88. The Bertz CT molecular complexity index is 435. The van der Waals surface area contributed by atoms with Crippen LogP contribution in [0.3, 0.4) is 0 Å². The van der Waals surface area contributed by atoms with E-state index in [-0.39, 0.29) is 5.91 Å². The van der Waals surface area contributed by atoms with E-state index in [0.717, 1.165) is 11.1 Å². The number of fused-ring (bicyclic) bond motifs is 1. The Balaban J connectivity index is 2.52. The first-order chi connectivity index (χ1) is 6.77. The van der Waals surface area contributed by atoms with Crippen molar-refractivity contribution in [1.82, 2.24) is 0 Å². The van der Waals surface area contributed by atoms with Crippen molar-refractivity contribution in [2.75, 3.05) is 0 Å². The van der Waals surface area contributed by atoms with Crippen LogP contribution in [0.15, 0.2) is 34.6 Å². The first kappa shape index (κ1) is 9.09. The van der Waals surface area contributed by atoms with Gasteiger partial charge in [0.15, 0.2) is 0 Å². The summed E-state index contributed by atoms with van der Waals surface area (Å²) in [4.78, 5) is 11.6. The number of thioether (sulfide) groups is 1. The molecule has 0 atom stereocenters. The molecule has 1 aliphatic heterocycles. The lowest BCUT2D eigenvalue weighted by Crippen LogP contribution is -2.10. The minimum atomic E-state index is -0.378. The molecule has 0 spiro atoms. The molecule has 0 radical (unpaired) electrons. The molecule has 1 amide bonds. The van der Waals surface area contributed by atoms with Crippen LogP contribution in [-0.2, 0) is 4.79 Å². The van der Waals surface area contributed by atoms with Crippen LogP contribution >= 0.6 is 11.8 Å². The molecule has 0 unspecified atom stereocenters. The molecular formula is C11H9NOS. The molecule has 2 N–H and O–H groups in total. The maximum atomic E-state index is 11.0. The second-order valence-electron chi connectivity index (χ2n) is 2.92. The van der Waals surface area contributed by atoms with Gasteiger partial charge in [-0.25, -0.2) is 0 Å². The zero-order chi connectivity index (χ0) is 9.97. The highest BCUT2D eigenvalue weighted by molar-refractivity contribution is 8.07. The highest BCUT2D eigenvalue weighted by Gasteiger charge is 2.08. The lowest BCUT2D eigenvalue weighted by atomic mass is 10.1. The molecule has 3 heteroatoms. The van der Waals surface area contributed by atoms with Gasteiger partial charge >= 0.3 is 0 Å². The van der Waals surface area contributed by atoms with E-state index >= 15 is 0 Å². The molecule has 14 heavy (non-hydrogen) atoms. The number of carbonyl (C=O) groups is 1. The summed E-state index contributed by atoms with van der Waals surface area (Å²) in [6.45, 7) is 0.